The van der Waals surface area contributed by atoms with Crippen LogP contribution < -0.4 is 0 Å². The molecule has 1 nitrogen and oxygen atoms in total. The predicted octanol–water partition coefficient (Wildman–Crippen LogP) is 3.18. The molecule has 0 aromatic rings. The first-order valence-electron chi connectivity index (χ1n) is 3.49. The number of aliphatic imine (C=N–C) groups is 1. The molecule has 0 aliphatic carbocycles. The van der Waals surface area contributed by atoms with Crippen molar-refractivity contribution in [2.24, 2.45) is 4.99 Å². The van der Waals surface area contributed by atoms with Gasteiger partial charge in [-0.25, -0.2) is 0 Å². The number of nitrogens with zero attached hydrogens (tertiary/aromatic N) is 1. The fourth-order valence-corrected chi connectivity index (χ4v) is 2.02. The maximum absolute atomic E-state index is 5.92. The van der Waals surface area contributed by atoms with Crippen molar-refractivity contribution >= 4 is 28.4 Å². The predicted molar refractivity (Wildman–Crippen MR) is 53.3 cm³/mol. The van der Waals surface area contributed by atoms with Crippen LogP contribution in [-0.4, -0.2) is 12.1 Å². The summed E-state index contributed by atoms with van der Waals surface area (Å²) in [5.74, 6) is 0. The van der Waals surface area contributed by atoms with Gasteiger partial charge in [-0.1, -0.05) is 36.4 Å². The Morgan fingerprint density at radius 2 is 2.45 bits per heavy atom. The summed E-state index contributed by atoms with van der Waals surface area (Å²) < 4.78 is 0. The highest BCUT2D eigenvalue weighted by Crippen LogP contribution is 2.33. The van der Waals surface area contributed by atoms with Crippen molar-refractivity contribution in [3.63, 3.8) is 0 Å². The van der Waals surface area contributed by atoms with Crippen LogP contribution in [0.3, 0.4) is 0 Å². The summed E-state index contributed by atoms with van der Waals surface area (Å²) in [6, 6.07) is 0. The van der Waals surface area contributed by atoms with Gasteiger partial charge in [0.15, 0.2) is 0 Å². The summed E-state index contributed by atoms with van der Waals surface area (Å²) in [6.45, 7) is 2.09. The second-order valence-corrected chi connectivity index (χ2v) is 3.40. The number of hydrogen-bond acceptors (Lipinski definition) is 2. The van der Waals surface area contributed by atoms with Gasteiger partial charge >= 0.3 is 0 Å². The third-order valence-electron chi connectivity index (χ3n) is 1.37. The Balaban J connectivity index is 2.89. The Hall–Kier alpha value is -0.210. The minimum atomic E-state index is 0.817. The molecular formula is C8H10ClNS. The van der Waals surface area contributed by atoms with Crippen molar-refractivity contribution < 1.29 is 0 Å². The number of hydrogen-bond donors (Lipinski definition) is 0. The molecule has 0 saturated carbocycles. The lowest BCUT2D eigenvalue weighted by Crippen LogP contribution is -1.90. The van der Waals surface area contributed by atoms with Crippen molar-refractivity contribution in [1.29, 1.82) is 0 Å². The van der Waals surface area contributed by atoms with Crippen LogP contribution in [0.4, 0.5) is 0 Å². The third kappa shape index (κ3) is 1.88. The Morgan fingerprint density at radius 1 is 1.73 bits per heavy atom. The van der Waals surface area contributed by atoms with Gasteiger partial charge in [0.05, 0.1) is 5.03 Å². The van der Waals surface area contributed by atoms with E-state index in [4.69, 9.17) is 11.6 Å². The molecule has 0 N–H and O–H groups in total. The van der Waals surface area contributed by atoms with E-state index in [1.54, 1.807) is 18.8 Å². The smallest absolute Gasteiger partial charge is 0.103 e. The summed E-state index contributed by atoms with van der Waals surface area (Å²) in [5, 5.41) is 3.76. The molecule has 0 unspecified atom stereocenters. The molecule has 0 aromatic heterocycles. The molecule has 3 heteroatoms. The second-order valence-electron chi connectivity index (χ2n) is 2.14. The molecule has 0 bridgehead atoms. The largest absolute Gasteiger partial charge is 0.281 e. The quantitative estimate of drug-likeness (QED) is 0.614. The molecule has 0 radical (unpaired) electrons. The molecule has 0 aromatic carbocycles. The summed E-state index contributed by atoms with van der Waals surface area (Å²) in [5.41, 5.74) is 1.08. The maximum Gasteiger partial charge on any atom is 0.103 e. The van der Waals surface area contributed by atoms with Crippen molar-refractivity contribution in [2.45, 2.75) is 13.3 Å². The fraction of sp³-hybridized carbons (Fsp3) is 0.375. The van der Waals surface area contributed by atoms with E-state index in [2.05, 4.69) is 18.0 Å². The van der Waals surface area contributed by atoms with E-state index in [0.717, 1.165) is 22.1 Å². The normalized spacial score (nSPS) is 24.8. The van der Waals surface area contributed by atoms with Crippen LogP contribution in [0, 0.1) is 0 Å². The van der Waals surface area contributed by atoms with E-state index in [1.807, 2.05) is 5.41 Å². The number of halogens is 1. The lowest BCUT2D eigenvalue weighted by Gasteiger charge is -1.97. The van der Waals surface area contributed by atoms with Crippen molar-refractivity contribution in [3.05, 3.63) is 22.1 Å². The van der Waals surface area contributed by atoms with Gasteiger partial charge in [0, 0.05) is 12.6 Å². The minimum absolute atomic E-state index is 0.817. The first-order chi connectivity index (χ1) is 5.29. The van der Waals surface area contributed by atoms with Crippen molar-refractivity contribution in [1.82, 2.24) is 0 Å². The highest BCUT2D eigenvalue weighted by atomic mass is 35.5. The summed E-state index contributed by atoms with van der Waals surface area (Å²) in [6.07, 6.45) is 3.10. The molecule has 0 atom stereocenters. The van der Waals surface area contributed by atoms with Gasteiger partial charge in [0.25, 0.3) is 0 Å². The molecule has 11 heavy (non-hydrogen) atoms. The van der Waals surface area contributed by atoms with E-state index in [0.29, 0.717) is 0 Å². The van der Waals surface area contributed by atoms with E-state index >= 15 is 0 Å². The van der Waals surface area contributed by atoms with Gasteiger partial charge in [-0.3, -0.25) is 4.99 Å². The first-order valence-corrected chi connectivity index (χ1v) is 4.75. The topological polar surface area (TPSA) is 12.4 Å². The van der Waals surface area contributed by atoms with E-state index in [-0.39, 0.29) is 0 Å². The average molecular weight is 188 g/mol. The molecule has 1 heterocycles. The van der Waals surface area contributed by atoms with Crippen LogP contribution in [0.5, 0.6) is 0 Å². The Kier molecular flexibility index (Phi) is 3.21. The fourth-order valence-electron chi connectivity index (χ4n) is 0.899. The van der Waals surface area contributed by atoms with Crippen LogP contribution >= 0.6 is 23.4 Å². The van der Waals surface area contributed by atoms with Gasteiger partial charge < -0.3 is 0 Å². The zero-order valence-corrected chi connectivity index (χ0v) is 8.17. The highest BCUT2D eigenvalue weighted by Gasteiger charge is 2.15. The van der Waals surface area contributed by atoms with Crippen molar-refractivity contribution in [2.75, 3.05) is 7.05 Å². The van der Waals surface area contributed by atoms with E-state index in [1.165, 1.54) is 0 Å². The number of allylic oxidation sites excluding steroid dienone is 2. The summed E-state index contributed by atoms with van der Waals surface area (Å²) in [4.78, 5) is 4.11. The molecule has 1 rings (SSSR count). The lowest BCUT2D eigenvalue weighted by atomic mass is 10.2. The number of thioether (sulfide) groups is 1. The van der Waals surface area contributed by atoms with Crippen LogP contribution in [0.15, 0.2) is 27.1 Å². The molecule has 0 spiro atoms. The van der Waals surface area contributed by atoms with Gasteiger partial charge in [0.2, 0.25) is 0 Å². The van der Waals surface area contributed by atoms with Gasteiger partial charge in [-0.05, 0) is 11.8 Å². The van der Waals surface area contributed by atoms with E-state index in [9.17, 15) is 0 Å². The Labute approximate surface area is 76.2 Å². The highest BCUT2D eigenvalue weighted by molar-refractivity contribution is 8.17. The molecular weight excluding hydrogens is 178 g/mol. The van der Waals surface area contributed by atoms with Crippen LogP contribution in [-0.2, 0) is 0 Å². The van der Waals surface area contributed by atoms with Gasteiger partial charge in [0.1, 0.15) is 5.04 Å². The minimum Gasteiger partial charge on any atom is -0.281 e. The summed E-state index contributed by atoms with van der Waals surface area (Å²) in [7, 11) is 1.79. The Morgan fingerprint density at radius 3 is 3.00 bits per heavy atom. The molecule has 60 valence electrons. The van der Waals surface area contributed by atoms with Gasteiger partial charge in [-0.15, -0.1) is 0 Å². The molecule has 1 aliphatic rings. The van der Waals surface area contributed by atoms with Crippen LogP contribution in [0.1, 0.15) is 13.3 Å². The maximum atomic E-state index is 5.92. The zero-order valence-electron chi connectivity index (χ0n) is 6.60. The van der Waals surface area contributed by atoms with E-state index < -0.39 is 0 Å². The standard InChI is InChI=1S/C8H10ClNS/c1-3-4-6-7(9)5-11-8(6)10-2/h4-5H,3H2,1-2H3/b6-4-,10-8?. The number of rotatable bonds is 1. The van der Waals surface area contributed by atoms with Crippen molar-refractivity contribution in [3.8, 4) is 0 Å². The third-order valence-corrected chi connectivity index (χ3v) is 2.79. The first kappa shape index (κ1) is 8.88. The molecule has 0 fully saturated rings. The monoisotopic (exact) mass is 187 g/mol. The van der Waals surface area contributed by atoms with Crippen LogP contribution in [0.25, 0.3) is 0 Å². The lowest BCUT2D eigenvalue weighted by molar-refractivity contribution is 1.21. The second kappa shape index (κ2) is 3.98. The van der Waals surface area contributed by atoms with Gasteiger partial charge in [-0.2, -0.15) is 0 Å². The average Bonchev–Trinajstić information content (AvgIpc) is 2.34. The molecule has 0 saturated heterocycles. The molecule has 1 aliphatic heterocycles. The SMILES string of the molecule is CC/C=C1/C(Cl)=CSC1=NC. The molecule has 0 amide bonds. The summed E-state index contributed by atoms with van der Waals surface area (Å²) >= 11 is 7.51. The Bertz CT molecular complexity index is 240. The van der Waals surface area contributed by atoms with Crippen LogP contribution in [0.2, 0.25) is 0 Å². The zero-order chi connectivity index (χ0) is 8.27.